The summed E-state index contributed by atoms with van der Waals surface area (Å²) in [7, 11) is 0. The molecule has 62 valence electrons. The number of carbonyl (C=O) groups is 1. The molecule has 5 nitrogen and oxygen atoms in total. The predicted molar refractivity (Wildman–Crippen MR) is 42.3 cm³/mol. The molecule has 0 atom stereocenters. The molecule has 0 aromatic rings. The maximum Gasteiger partial charge on any atom is 0.318 e. The van der Waals surface area contributed by atoms with Gasteiger partial charge in [0, 0.05) is 13.1 Å². The van der Waals surface area contributed by atoms with E-state index in [9.17, 15) is 4.79 Å². The average molecular weight is 156 g/mol. The standard InChI is InChI=1S/C6H12N4O/c1-2-10-4-3-8-6(10)9-5(7)11/h2-4H2,1H3,(H3,7,8,9,11). The highest BCUT2D eigenvalue weighted by Crippen LogP contribution is 1.97. The van der Waals surface area contributed by atoms with Gasteiger partial charge < -0.3 is 10.6 Å². The van der Waals surface area contributed by atoms with Crippen molar-refractivity contribution < 1.29 is 4.79 Å². The first-order valence-corrected chi connectivity index (χ1v) is 3.60. The summed E-state index contributed by atoms with van der Waals surface area (Å²) in [5, 5.41) is 2.46. The zero-order chi connectivity index (χ0) is 8.27. The number of nitrogens with one attached hydrogen (secondary N) is 1. The molecular formula is C6H12N4O. The normalized spacial score (nSPS) is 16.5. The van der Waals surface area contributed by atoms with Crippen LogP contribution in [0.5, 0.6) is 0 Å². The molecule has 11 heavy (non-hydrogen) atoms. The van der Waals surface area contributed by atoms with E-state index in [1.54, 1.807) is 0 Å². The molecular weight excluding hydrogens is 144 g/mol. The molecule has 0 bridgehead atoms. The molecule has 0 aromatic carbocycles. The van der Waals surface area contributed by atoms with Crippen molar-refractivity contribution in [2.45, 2.75) is 6.92 Å². The van der Waals surface area contributed by atoms with Crippen LogP contribution in [0, 0.1) is 0 Å². The van der Waals surface area contributed by atoms with Gasteiger partial charge in [-0.15, -0.1) is 0 Å². The summed E-state index contributed by atoms with van der Waals surface area (Å²) < 4.78 is 0. The first-order chi connectivity index (χ1) is 5.24. The van der Waals surface area contributed by atoms with Gasteiger partial charge >= 0.3 is 6.03 Å². The lowest BCUT2D eigenvalue weighted by Gasteiger charge is -2.16. The van der Waals surface area contributed by atoms with E-state index in [0.29, 0.717) is 5.96 Å². The van der Waals surface area contributed by atoms with Crippen molar-refractivity contribution in [2.24, 2.45) is 10.7 Å². The first kappa shape index (κ1) is 7.84. The molecule has 1 rings (SSSR count). The van der Waals surface area contributed by atoms with Gasteiger partial charge in [0.05, 0.1) is 6.54 Å². The molecule has 0 saturated heterocycles. The van der Waals surface area contributed by atoms with Crippen LogP contribution in [0.1, 0.15) is 6.92 Å². The molecule has 3 N–H and O–H groups in total. The predicted octanol–water partition coefficient (Wildman–Crippen LogP) is -0.654. The highest BCUT2D eigenvalue weighted by atomic mass is 16.2. The lowest BCUT2D eigenvalue weighted by molar-refractivity contribution is 0.252. The Bertz CT molecular complexity index is 189. The number of nitrogens with zero attached hydrogens (tertiary/aromatic N) is 2. The van der Waals surface area contributed by atoms with Crippen LogP contribution in [0.25, 0.3) is 0 Å². The van der Waals surface area contributed by atoms with Crippen molar-refractivity contribution >= 4 is 12.0 Å². The Labute approximate surface area is 65.3 Å². The van der Waals surface area contributed by atoms with E-state index in [0.717, 1.165) is 19.6 Å². The van der Waals surface area contributed by atoms with Gasteiger partial charge in [0.25, 0.3) is 0 Å². The van der Waals surface area contributed by atoms with Crippen LogP contribution >= 0.6 is 0 Å². The van der Waals surface area contributed by atoms with Crippen molar-refractivity contribution in [3.8, 4) is 0 Å². The van der Waals surface area contributed by atoms with Gasteiger partial charge in [-0.2, -0.15) is 0 Å². The van der Waals surface area contributed by atoms with Crippen LogP contribution in [0.2, 0.25) is 0 Å². The monoisotopic (exact) mass is 156 g/mol. The second-order valence-electron chi connectivity index (χ2n) is 2.27. The third kappa shape index (κ3) is 1.83. The number of hydrogen-bond donors (Lipinski definition) is 2. The largest absolute Gasteiger partial charge is 0.351 e. The number of nitrogens with two attached hydrogens (primary N) is 1. The number of guanidine groups is 1. The van der Waals surface area contributed by atoms with Crippen molar-refractivity contribution in [1.29, 1.82) is 0 Å². The minimum atomic E-state index is -0.552. The highest BCUT2D eigenvalue weighted by Gasteiger charge is 2.15. The number of rotatable bonds is 1. The summed E-state index contributed by atoms with van der Waals surface area (Å²) >= 11 is 0. The second kappa shape index (κ2) is 3.23. The SMILES string of the molecule is CCN1CCN=C1NC(N)=O. The fourth-order valence-corrected chi connectivity index (χ4v) is 1.02. The average Bonchev–Trinajstić information content (AvgIpc) is 2.34. The molecule has 0 saturated carbocycles. The summed E-state index contributed by atoms with van der Waals surface area (Å²) in [4.78, 5) is 16.4. The maximum absolute atomic E-state index is 10.4. The minimum absolute atomic E-state index is 0.552. The van der Waals surface area contributed by atoms with Gasteiger partial charge in [-0.25, -0.2) is 4.79 Å². The molecule has 0 unspecified atom stereocenters. The number of primary amides is 1. The van der Waals surface area contributed by atoms with Crippen molar-refractivity contribution in [3.63, 3.8) is 0 Å². The van der Waals surface area contributed by atoms with Crippen LogP contribution in [-0.2, 0) is 0 Å². The molecule has 0 radical (unpaired) electrons. The van der Waals surface area contributed by atoms with Crippen LogP contribution in [0.4, 0.5) is 4.79 Å². The van der Waals surface area contributed by atoms with Gasteiger partial charge in [0.15, 0.2) is 0 Å². The van der Waals surface area contributed by atoms with E-state index in [4.69, 9.17) is 5.73 Å². The fourth-order valence-electron chi connectivity index (χ4n) is 1.02. The third-order valence-corrected chi connectivity index (χ3v) is 1.55. The fraction of sp³-hybridized carbons (Fsp3) is 0.667. The molecule has 2 amide bonds. The topological polar surface area (TPSA) is 70.7 Å². The molecule has 0 aromatic heterocycles. The number of amides is 2. The van der Waals surface area contributed by atoms with Gasteiger partial charge in [0.2, 0.25) is 5.96 Å². The number of hydrogen-bond acceptors (Lipinski definition) is 3. The number of aliphatic imine (C=N–C) groups is 1. The van der Waals surface area contributed by atoms with Crippen molar-refractivity contribution in [2.75, 3.05) is 19.6 Å². The molecule has 0 spiro atoms. The van der Waals surface area contributed by atoms with E-state index >= 15 is 0 Å². The van der Waals surface area contributed by atoms with Gasteiger partial charge in [-0.1, -0.05) is 0 Å². The molecule has 1 aliphatic rings. The molecule has 1 aliphatic heterocycles. The third-order valence-electron chi connectivity index (χ3n) is 1.55. The van der Waals surface area contributed by atoms with Crippen molar-refractivity contribution in [1.82, 2.24) is 10.2 Å². The zero-order valence-corrected chi connectivity index (χ0v) is 6.50. The highest BCUT2D eigenvalue weighted by molar-refractivity contribution is 5.96. The number of likely N-dealkylation sites (N-methyl/N-ethyl adjacent to an activating group) is 1. The van der Waals surface area contributed by atoms with E-state index in [2.05, 4.69) is 10.3 Å². The lowest BCUT2D eigenvalue weighted by Crippen LogP contribution is -2.43. The smallest absolute Gasteiger partial charge is 0.318 e. The Kier molecular flexibility index (Phi) is 2.30. The Morgan fingerprint density at radius 2 is 2.64 bits per heavy atom. The van der Waals surface area contributed by atoms with Crippen LogP contribution < -0.4 is 11.1 Å². The summed E-state index contributed by atoms with van der Waals surface area (Å²) in [6, 6.07) is -0.552. The Hall–Kier alpha value is -1.26. The van der Waals surface area contributed by atoms with Gasteiger partial charge in [-0.05, 0) is 6.92 Å². The summed E-state index contributed by atoms with van der Waals surface area (Å²) in [5.74, 6) is 0.597. The quantitative estimate of drug-likeness (QED) is 0.529. The zero-order valence-electron chi connectivity index (χ0n) is 6.50. The number of urea groups is 1. The Morgan fingerprint density at radius 3 is 3.18 bits per heavy atom. The van der Waals surface area contributed by atoms with Crippen LogP contribution in [0.15, 0.2) is 4.99 Å². The van der Waals surface area contributed by atoms with Crippen LogP contribution in [0.3, 0.4) is 0 Å². The Balaban J connectivity index is 2.49. The second-order valence-corrected chi connectivity index (χ2v) is 2.27. The van der Waals surface area contributed by atoms with Crippen LogP contribution in [-0.4, -0.2) is 36.5 Å². The summed E-state index contributed by atoms with van der Waals surface area (Å²) in [6.45, 7) is 4.46. The van der Waals surface area contributed by atoms with E-state index in [1.165, 1.54) is 0 Å². The molecule has 0 aliphatic carbocycles. The number of carbonyl (C=O) groups excluding carboxylic acids is 1. The first-order valence-electron chi connectivity index (χ1n) is 3.60. The van der Waals surface area contributed by atoms with Gasteiger partial charge in [0.1, 0.15) is 0 Å². The molecule has 5 heteroatoms. The van der Waals surface area contributed by atoms with E-state index in [1.807, 2.05) is 11.8 Å². The van der Waals surface area contributed by atoms with Gasteiger partial charge in [-0.3, -0.25) is 10.3 Å². The van der Waals surface area contributed by atoms with E-state index < -0.39 is 6.03 Å². The summed E-state index contributed by atoms with van der Waals surface area (Å²) in [6.07, 6.45) is 0. The summed E-state index contributed by atoms with van der Waals surface area (Å²) in [5.41, 5.74) is 4.93. The lowest BCUT2D eigenvalue weighted by atomic mass is 10.5. The van der Waals surface area contributed by atoms with E-state index in [-0.39, 0.29) is 0 Å². The Morgan fingerprint density at radius 1 is 1.91 bits per heavy atom. The minimum Gasteiger partial charge on any atom is -0.351 e. The molecule has 1 heterocycles. The maximum atomic E-state index is 10.4. The molecule has 0 fully saturated rings. The van der Waals surface area contributed by atoms with Crippen molar-refractivity contribution in [3.05, 3.63) is 0 Å².